The third-order valence-corrected chi connectivity index (χ3v) is 2.48. The van der Waals surface area contributed by atoms with E-state index in [1.54, 1.807) is 0 Å². The van der Waals surface area contributed by atoms with E-state index in [4.69, 9.17) is 18.2 Å². The maximum atomic E-state index is 12.4. The van der Waals surface area contributed by atoms with Gasteiger partial charge in [-0.05, 0) is 23.7 Å². The first-order valence-corrected chi connectivity index (χ1v) is 5.09. The molecule has 1 aromatic carbocycles. The first-order chi connectivity index (χ1) is 8.41. The molecule has 2 aromatic rings. The lowest BCUT2D eigenvalue weighted by atomic mass is 10.3. The zero-order chi connectivity index (χ0) is 13.3. The zero-order valence-corrected chi connectivity index (χ0v) is 9.50. The lowest BCUT2D eigenvalue weighted by Crippen LogP contribution is -2.04. The molecule has 18 heavy (non-hydrogen) atoms. The molecule has 0 unspecified atom stereocenters. The van der Waals surface area contributed by atoms with Gasteiger partial charge in [-0.15, -0.1) is 0 Å². The van der Waals surface area contributed by atoms with Crippen LogP contribution < -0.4 is 0 Å². The van der Waals surface area contributed by atoms with Crippen molar-refractivity contribution in [1.82, 2.24) is 9.55 Å². The number of halogens is 4. The fourth-order valence-electron chi connectivity index (χ4n) is 1.36. The highest BCUT2D eigenvalue weighted by Crippen LogP contribution is 2.30. The van der Waals surface area contributed by atoms with E-state index in [9.17, 15) is 13.2 Å². The van der Waals surface area contributed by atoms with Gasteiger partial charge in [0.15, 0.2) is 11.4 Å². The Balaban J connectivity index is 2.45. The predicted molar refractivity (Wildman–Crippen MR) is 59.8 cm³/mol. The summed E-state index contributed by atoms with van der Waals surface area (Å²) in [6, 6.07) is 5.99. The van der Waals surface area contributed by atoms with Crippen LogP contribution in [0.25, 0.3) is 10.5 Å². The lowest BCUT2D eigenvalue weighted by Gasteiger charge is -2.03. The van der Waals surface area contributed by atoms with E-state index in [2.05, 4.69) is 9.83 Å². The standard InChI is InChI=1S/C11H5ClF3N3/c1-16-7-2-4-8(5-3-7)18-6-9(11(13,14)15)17-10(18)12/h2-6H. The Labute approximate surface area is 105 Å². The summed E-state index contributed by atoms with van der Waals surface area (Å²) in [7, 11) is 0. The fourth-order valence-corrected chi connectivity index (χ4v) is 1.60. The monoisotopic (exact) mass is 271 g/mol. The number of hydrogen-bond acceptors (Lipinski definition) is 1. The number of nitrogens with zero attached hydrogens (tertiary/aromatic N) is 3. The molecule has 92 valence electrons. The molecular formula is C11H5ClF3N3. The summed E-state index contributed by atoms with van der Waals surface area (Å²) in [4.78, 5) is 6.43. The van der Waals surface area contributed by atoms with Crippen LogP contribution in [0.5, 0.6) is 0 Å². The Bertz CT molecular complexity index is 608. The molecule has 3 nitrogen and oxygen atoms in total. The first kappa shape index (κ1) is 12.5. The van der Waals surface area contributed by atoms with Gasteiger partial charge in [0.2, 0.25) is 5.28 Å². The van der Waals surface area contributed by atoms with Crippen LogP contribution in [-0.4, -0.2) is 9.55 Å². The van der Waals surface area contributed by atoms with Crippen LogP contribution in [0.2, 0.25) is 5.28 Å². The van der Waals surface area contributed by atoms with Crippen LogP contribution in [-0.2, 0) is 6.18 Å². The second kappa shape index (κ2) is 4.35. The third-order valence-electron chi connectivity index (χ3n) is 2.21. The fraction of sp³-hybridized carbons (Fsp3) is 0.0909. The number of imidazole rings is 1. The highest BCUT2D eigenvalue weighted by molar-refractivity contribution is 6.28. The number of alkyl halides is 3. The van der Waals surface area contributed by atoms with E-state index in [1.807, 2.05) is 0 Å². The first-order valence-electron chi connectivity index (χ1n) is 4.72. The van der Waals surface area contributed by atoms with Gasteiger partial charge in [0.25, 0.3) is 0 Å². The van der Waals surface area contributed by atoms with Crippen LogP contribution in [0, 0.1) is 6.57 Å². The summed E-state index contributed by atoms with van der Waals surface area (Å²) in [6.07, 6.45) is -3.72. The summed E-state index contributed by atoms with van der Waals surface area (Å²) in [5, 5.41) is -0.280. The minimum Gasteiger partial charge on any atom is -0.290 e. The van der Waals surface area contributed by atoms with Crippen molar-refractivity contribution in [1.29, 1.82) is 0 Å². The van der Waals surface area contributed by atoms with E-state index < -0.39 is 11.9 Å². The Kier molecular flexibility index (Phi) is 3.01. The molecule has 0 saturated heterocycles. The van der Waals surface area contributed by atoms with Gasteiger partial charge in [0.1, 0.15) is 0 Å². The Morgan fingerprint density at radius 1 is 1.22 bits per heavy atom. The molecule has 0 N–H and O–H groups in total. The topological polar surface area (TPSA) is 22.2 Å². The molecule has 2 rings (SSSR count). The molecule has 1 heterocycles. The van der Waals surface area contributed by atoms with E-state index in [1.165, 1.54) is 24.3 Å². The van der Waals surface area contributed by atoms with Crippen LogP contribution in [0.1, 0.15) is 5.69 Å². The van der Waals surface area contributed by atoms with Crippen molar-refractivity contribution in [2.24, 2.45) is 0 Å². The second-order valence-electron chi connectivity index (χ2n) is 3.39. The van der Waals surface area contributed by atoms with Crippen LogP contribution in [0.3, 0.4) is 0 Å². The van der Waals surface area contributed by atoms with Gasteiger partial charge in [-0.25, -0.2) is 9.83 Å². The van der Waals surface area contributed by atoms with Crippen molar-refractivity contribution in [3.63, 3.8) is 0 Å². The molecule has 0 radical (unpaired) electrons. The van der Waals surface area contributed by atoms with Crippen LogP contribution >= 0.6 is 11.6 Å². The Hall–Kier alpha value is -2.00. The molecular weight excluding hydrogens is 267 g/mol. The van der Waals surface area contributed by atoms with Crippen molar-refractivity contribution >= 4 is 17.3 Å². The van der Waals surface area contributed by atoms with Gasteiger partial charge < -0.3 is 0 Å². The van der Waals surface area contributed by atoms with Gasteiger partial charge >= 0.3 is 6.18 Å². The van der Waals surface area contributed by atoms with Gasteiger partial charge in [-0.2, -0.15) is 13.2 Å². The molecule has 0 atom stereocenters. The highest BCUT2D eigenvalue weighted by atomic mass is 35.5. The molecule has 0 aliphatic carbocycles. The minimum atomic E-state index is -4.54. The number of benzene rings is 1. The smallest absolute Gasteiger partial charge is 0.290 e. The number of aromatic nitrogens is 2. The molecule has 1 aromatic heterocycles. The van der Waals surface area contributed by atoms with E-state index >= 15 is 0 Å². The predicted octanol–water partition coefficient (Wildman–Crippen LogP) is 4.10. The molecule has 0 aliphatic rings. The van der Waals surface area contributed by atoms with Crippen molar-refractivity contribution in [2.75, 3.05) is 0 Å². The maximum absolute atomic E-state index is 12.4. The number of hydrogen-bond donors (Lipinski definition) is 0. The SMILES string of the molecule is [C-]#[N+]c1ccc(-n2cc(C(F)(F)F)nc2Cl)cc1. The minimum absolute atomic E-state index is 0.280. The molecule has 7 heteroatoms. The largest absolute Gasteiger partial charge is 0.434 e. The van der Waals surface area contributed by atoms with E-state index in [0.717, 1.165) is 10.8 Å². The second-order valence-corrected chi connectivity index (χ2v) is 3.73. The summed E-state index contributed by atoms with van der Waals surface area (Å²) in [5.41, 5.74) is -0.247. The zero-order valence-electron chi connectivity index (χ0n) is 8.74. The number of rotatable bonds is 1. The molecule has 0 spiro atoms. The van der Waals surface area contributed by atoms with Crippen LogP contribution in [0.4, 0.5) is 18.9 Å². The quantitative estimate of drug-likeness (QED) is 0.716. The Morgan fingerprint density at radius 2 is 1.83 bits per heavy atom. The van der Waals surface area contributed by atoms with Crippen LogP contribution in [0.15, 0.2) is 30.5 Å². The van der Waals surface area contributed by atoms with E-state index in [0.29, 0.717) is 11.4 Å². The molecule has 0 saturated carbocycles. The molecule has 0 fully saturated rings. The highest BCUT2D eigenvalue weighted by Gasteiger charge is 2.34. The van der Waals surface area contributed by atoms with Gasteiger partial charge in [0, 0.05) is 11.9 Å². The van der Waals surface area contributed by atoms with Gasteiger partial charge in [0.05, 0.1) is 6.57 Å². The average molecular weight is 272 g/mol. The maximum Gasteiger partial charge on any atom is 0.434 e. The van der Waals surface area contributed by atoms with Crippen molar-refractivity contribution in [2.45, 2.75) is 6.18 Å². The third kappa shape index (κ3) is 2.31. The Morgan fingerprint density at radius 3 is 2.28 bits per heavy atom. The molecule has 0 bridgehead atoms. The molecule has 0 amide bonds. The van der Waals surface area contributed by atoms with Crippen molar-refractivity contribution in [3.05, 3.63) is 52.9 Å². The molecule has 0 aliphatic heterocycles. The van der Waals surface area contributed by atoms with Gasteiger partial charge in [-0.1, -0.05) is 12.1 Å². The lowest BCUT2D eigenvalue weighted by molar-refractivity contribution is -0.140. The summed E-state index contributed by atoms with van der Waals surface area (Å²) >= 11 is 5.65. The average Bonchev–Trinajstić information content (AvgIpc) is 2.71. The van der Waals surface area contributed by atoms with E-state index in [-0.39, 0.29) is 5.28 Å². The van der Waals surface area contributed by atoms with Crippen molar-refractivity contribution < 1.29 is 13.2 Å². The summed E-state index contributed by atoms with van der Waals surface area (Å²) in [6.45, 7) is 6.78. The summed E-state index contributed by atoms with van der Waals surface area (Å²) < 4.78 is 38.4. The summed E-state index contributed by atoms with van der Waals surface area (Å²) in [5.74, 6) is 0. The van der Waals surface area contributed by atoms with Crippen molar-refractivity contribution in [3.8, 4) is 5.69 Å². The normalized spacial score (nSPS) is 11.3. The van der Waals surface area contributed by atoms with Gasteiger partial charge in [-0.3, -0.25) is 4.57 Å².